The maximum atomic E-state index is 12.7. The molecule has 6 nitrogen and oxygen atoms in total. The number of aryl methyl sites for hydroxylation is 1. The molecule has 28 heavy (non-hydrogen) atoms. The van der Waals surface area contributed by atoms with Crippen LogP contribution in [0.25, 0.3) is 0 Å². The molecular weight excluding hydrogens is 354 g/mol. The summed E-state index contributed by atoms with van der Waals surface area (Å²) in [6.45, 7) is 4.76. The number of amides is 2. The third-order valence-electron chi connectivity index (χ3n) is 4.99. The van der Waals surface area contributed by atoms with Crippen molar-refractivity contribution in [3.05, 3.63) is 65.7 Å². The molecule has 1 aliphatic rings. The molecule has 1 aliphatic heterocycles. The van der Waals surface area contributed by atoms with E-state index in [-0.39, 0.29) is 13.2 Å². The quantitative estimate of drug-likeness (QED) is 0.801. The van der Waals surface area contributed by atoms with Crippen molar-refractivity contribution in [2.45, 2.75) is 13.5 Å². The monoisotopic (exact) mass is 381 g/mol. The summed E-state index contributed by atoms with van der Waals surface area (Å²) < 4.78 is 0. The Labute approximate surface area is 166 Å². The second kappa shape index (κ2) is 9.37. The first-order chi connectivity index (χ1) is 13.6. The summed E-state index contributed by atoms with van der Waals surface area (Å²) in [7, 11) is 0. The summed E-state index contributed by atoms with van der Waals surface area (Å²) in [4.78, 5) is 30.7. The van der Waals surface area contributed by atoms with Crippen LogP contribution in [-0.2, 0) is 16.1 Å². The number of aliphatic hydroxyl groups excluding tert-OH is 1. The van der Waals surface area contributed by atoms with E-state index in [1.54, 1.807) is 4.90 Å². The highest BCUT2D eigenvalue weighted by Crippen LogP contribution is 2.18. The SMILES string of the molecule is Cc1cccc(N2CCN(C(=O)C(=O)N(CCO)Cc3ccccc3)CC2)c1. The number of nitrogens with zero attached hydrogens (tertiary/aromatic N) is 3. The number of hydrogen-bond donors (Lipinski definition) is 1. The molecule has 6 heteroatoms. The zero-order chi connectivity index (χ0) is 19.9. The van der Waals surface area contributed by atoms with Gasteiger partial charge in [0.1, 0.15) is 0 Å². The van der Waals surface area contributed by atoms with Gasteiger partial charge in [0.25, 0.3) is 0 Å². The number of benzene rings is 2. The van der Waals surface area contributed by atoms with E-state index in [0.29, 0.717) is 32.7 Å². The summed E-state index contributed by atoms with van der Waals surface area (Å²) >= 11 is 0. The molecule has 1 heterocycles. The van der Waals surface area contributed by atoms with E-state index < -0.39 is 11.8 Å². The molecule has 2 amide bonds. The van der Waals surface area contributed by atoms with Crippen LogP contribution in [0.3, 0.4) is 0 Å². The Kier molecular flexibility index (Phi) is 6.66. The van der Waals surface area contributed by atoms with Gasteiger partial charge in [-0.25, -0.2) is 0 Å². The Morgan fingerprint density at radius 3 is 2.36 bits per heavy atom. The van der Waals surface area contributed by atoms with E-state index in [1.807, 2.05) is 36.4 Å². The van der Waals surface area contributed by atoms with Crippen molar-refractivity contribution in [3.8, 4) is 0 Å². The van der Waals surface area contributed by atoms with Gasteiger partial charge >= 0.3 is 11.8 Å². The Balaban J connectivity index is 1.60. The Hall–Kier alpha value is -2.86. The Bertz CT molecular complexity index is 802. The number of piperazine rings is 1. The fourth-order valence-electron chi connectivity index (χ4n) is 3.44. The summed E-state index contributed by atoms with van der Waals surface area (Å²) in [5, 5.41) is 9.31. The highest BCUT2D eigenvalue weighted by atomic mass is 16.3. The van der Waals surface area contributed by atoms with E-state index in [4.69, 9.17) is 0 Å². The third-order valence-corrected chi connectivity index (χ3v) is 4.99. The highest BCUT2D eigenvalue weighted by molar-refractivity contribution is 6.34. The second-order valence-corrected chi connectivity index (χ2v) is 7.05. The van der Waals surface area contributed by atoms with E-state index in [0.717, 1.165) is 11.3 Å². The zero-order valence-corrected chi connectivity index (χ0v) is 16.3. The second-order valence-electron chi connectivity index (χ2n) is 7.05. The van der Waals surface area contributed by atoms with Gasteiger partial charge in [0.2, 0.25) is 0 Å². The first kappa shape index (κ1) is 19.9. The van der Waals surface area contributed by atoms with Gasteiger partial charge in [-0.15, -0.1) is 0 Å². The fourth-order valence-corrected chi connectivity index (χ4v) is 3.44. The number of carbonyl (C=O) groups excluding carboxylic acids is 2. The van der Waals surface area contributed by atoms with Crippen molar-refractivity contribution in [3.63, 3.8) is 0 Å². The molecule has 0 aliphatic carbocycles. The lowest BCUT2D eigenvalue weighted by atomic mass is 10.2. The molecular formula is C22H27N3O3. The lowest BCUT2D eigenvalue weighted by Crippen LogP contribution is -2.53. The van der Waals surface area contributed by atoms with Crippen LogP contribution in [0.2, 0.25) is 0 Å². The van der Waals surface area contributed by atoms with Gasteiger partial charge in [-0.3, -0.25) is 9.59 Å². The average Bonchev–Trinajstić information content (AvgIpc) is 2.73. The van der Waals surface area contributed by atoms with E-state index >= 15 is 0 Å². The van der Waals surface area contributed by atoms with Crippen LogP contribution in [-0.4, -0.2) is 66.1 Å². The van der Waals surface area contributed by atoms with Crippen LogP contribution in [0.1, 0.15) is 11.1 Å². The molecule has 1 fully saturated rings. The van der Waals surface area contributed by atoms with Crippen LogP contribution >= 0.6 is 0 Å². The smallest absolute Gasteiger partial charge is 0.312 e. The van der Waals surface area contributed by atoms with Crippen LogP contribution in [0, 0.1) is 6.92 Å². The van der Waals surface area contributed by atoms with Crippen molar-refractivity contribution in [1.29, 1.82) is 0 Å². The molecule has 0 radical (unpaired) electrons. The standard InChI is InChI=1S/C22H27N3O3/c1-18-6-5-9-20(16-18)23-10-12-24(13-11-23)21(27)22(28)25(14-15-26)17-19-7-3-2-4-8-19/h2-9,16,26H,10-15,17H2,1H3. The lowest BCUT2D eigenvalue weighted by Gasteiger charge is -2.36. The van der Waals surface area contributed by atoms with Crippen molar-refractivity contribution < 1.29 is 14.7 Å². The number of aliphatic hydroxyl groups is 1. The van der Waals surface area contributed by atoms with Gasteiger partial charge in [-0.2, -0.15) is 0 Å². The predicted octanol–water partition coefficient (Wildman–Crippen LogP) is 1.66. The topological polar surface area (TPSA) is 64.1 Å². The maximum absolute atomic E-state index is 12.7. The van der Waals surface area contributed by atoms with Gasteiger partial charge in [0, 0.05) is 45.0 Å². The first-order valence-electron chi connectivity index (χ1n) is 9.63. The molecule has 0 bridgehead atoms. The van der Waals surface area contributed by atoms with E-state index in [9.17, 15) is 14.7 Å². The zero-order valence-electron chi connectivity index (χ0n) is 16.3. The number of carbonyl (C=O) groups is 2. The van der Waals surface area contributed by atoms with Crippen molar-refractivity contribution in [2.75, 3.05) is 44.2 Å². The van der Waals surface area contributed by atoms with Crippen LogP contribution in [0.5, 0.6) is 0 Å². The molecule has 1 N–H and O–H groups in total. The third kappa shape index (κ3) is 4.89. The van der Waals surface area contributed by atoms with Gasteiger partial charge in [-0.1, -0.05) is 42.5 Å². The van der Waals surface area contributed by atoms with Gasteiger partial charge in [0.15, 0.2) is 0 Å². The highest BCUT2D eigenvalue weighted by Gasteiger charge is 2.29. The first-order valence-corrected chi connectivity index (χ1v) is 9.63. The van der Waals surface area contributed by atoms with Crippen molar-refractivity contribution >= 4 is 17.5 Å². The van der Waals surface area contributed by atoms with Crippen molar-refractivity contribution in [1.82, 2.24) is 9.80 Å². The molecule has 3 rings (SSSR count). The lowest BCUT2D eigenvalue weighted by molar-refractivity contribution is -0.152. The largest absolute Gasteiger partial charge is 0.395 e. The Morgan fingerprint density at radius 2 is 1.71 bits per heavy atom. The van der Waals surface area contributed by atoms with Gasteiger partial charge in [0.05, 0.1) is 6.61 Å². The number of rotatable bonds is 5. The summed E-state index contributed by atoms with van der Waals surface area (Å²) in [5.74, 6) is -1.05. The van der Waals surface area contributed by atoms with Crippen LogP contribution in [0.15, 0.2) is 54.6 Å². The minimum Gasteiger partial charge on any atom is -0.395 e. The number of anilines is 1. The average molecular weight is 381 g/mol. The summed E-state index contributed by atoms with van der Waals surface area (Å²) in [5.41, 5.74) is 3.28. The maximum Gasteiger partial charge on any atom is 0.312 e. The molecule has 0 aromatic heterocycles. The number of hydrogen-bond acceptors (Lipinski definition) is 4. The minimum absolute atomic E-state index is 0.142. The normalized spacial score (nSPS) is 14.1. The molecule has 2 aromatic rings. The molecule has 148 valence electrons. The molecule has 0 atom stereocenters. The van der Waals surface area contributed by atoms with Gasteiger partial charge in [-0.05, 0) is 30.2 Å². The molecule has 0 unspecified atom stereocenters. The van der Waals surface area contributed by atoms with Crippen LogP contribution in [0.4, 0.5) is 5.69 Å². The molecule has 2 aromatic carbocycles. The van der Waals surface area contributed by atoms with Crippen molar-refractivity contribution in [2.24, 2.45) is 0 Å². The van der Waals surface area contributed by atoms with E-state index in [1.165, 1.54) is 10.5 Å². The van der Waals surface area contributed by atoms with E-state index in [2.05, 4.69) is 30.0 Å². The summed E-state index contributed by atoms with van der Waals surface area (Å²) in [6.07, 6.45) is 0. The molecule has 0 saturated carbocycles. The van der Waals surface area contributed by atoms with Crippen LogP contribution < -0.4 is 4.90 Å². The van der Waals surface area contributed by atoms with Gasteiger partial charge < -0.3 is 19.8 Å². The molecule has 1 saturated heterocycles. The predicted molar refractivity (Wildman–Crippen MR) is 109 cm³/mol. The molecule has 0 spiro atoms. The summed E-state index contributed by atoms with van der Waals surface area (Å²) in [6, 6.07) is 17.8. The Morgan fingerprint density at radius 1 is 1.00 bits per heavy atom. The fraction of sp³-hybridized carbons (Fsp3) is 0.364. The minimum atomic E-state index is -0.554.